The number of rotatable bonds is 6. The number of para-hydroxylation sites is 2. The highest BCUT2D eigenvalue weighted by molar-refractivity contribution is 6.31. The molecule has 4 nitrogen and oxygen atoms in total. The average molecular weight is 386 g/mol. The molecule has 0 aromatic heterocycles. The first-order valence-electron chi connectivity index (χ1n) is 9.61. The minimum atomic E-state index is -0.0420. The molecule has 3 unspecified atom stereocenters. The molecule has 0 radical (unpaired) electrons. The molecule has 2 aromatic carbocycles. The Labute approximate surface area is 164 Å². The summed E-state index contributed by atoms with van der Waals surface area (Å²) in [5.41, 5.74) is 1.77. The third kappa shape index (κ3) is 4.45. The van der Waals surface area contributed by atoms with E-state index in [4.69, 9.17) is 21.1 Å². The number of hydrogen-bond donors (Lipinski definition) is 1. The van der Waals surface area contributed by atoms with E-state index in [0.717, 1.165) is 36.5 Å². The van der Waals surface area contributed by atoms with Gasteiger partial charge in [0.25, 0.3) is 0 Å². The maximum absolute atomic E-state index is 12.7. The molecular weight excluding hydrogens is 362 g/mol. The van der Waals surface area contributed by atoms with Crippen LogP contribution < -0.4 is 10.1 Å². The number of benzene rings is 2. The monoisotopic (exact) mass is 385 g/mol. The van der Waals surface area contributed by atoms with Crippen LogP contribution in [0.1, 0.15) is 37.2 Å². The van der Waals surface area contributed by atoms with Crippen molar-refractivity contribution >= 4 is 23.2 Å². The summed E-state index contributed by atoms with van der Waals surface area (Å²) in [5, 5.41) is 3.76. The summed E-state index contributed by atoms with van der Waals surface area (Å²) in [6.07, 6.45) is 4.29. The fourth-order valence-electron chi connectivity index (χ4n) is 3.65. The van der Waals surface area contributed by atoms with Gasteiger partial charge < -0.3 is 14.8 Å². The topological polar surface area (TPSA) is 47.6 Å². The van der Waals surface area contributed by atoms with Gasteiger partial charge in [-0.2, -0.15) is 0 Å². The van der Waals surface area contributed by atoms with Crippen LogP contribution in [0.5, 0.6) is 5.75 Å². The lowest BCUT2D eigenvalue weighted by atomic mass is 10.1. The van der Waals surface area contributed by atoms with E-state index >= 15 is 0 Å². The van der Waals surface area contributed by atoms with Crippen LogP contribution >= 0.6 is 11.6 Å². The predicted octanol–water partition coefficient (Wildman–Crippen LogP) is 5.03. The van der Waals surface area contributed by atoms with Gasteiger partial charge in [-0.15, -0.1) is 0 Å². The first-order chi connectivity index (χ1) is 13.2. The molecule has 4 rings (SSSR count). The summed E-state index contributed by atoms with van der Waals surface area (Å²) in [4.78, 5) is 12.7. The molecule has 0 bridgehead atoms. The van der Waals surface area contributed by atoms with Gasteiger partial charge in [0.2, 0.25) is 5.91 Å². The highest BCUT2D eigenvalue weighted by Crippen LogP contribution is 2.50. The van der Waals surface area contributed by atoms with Gasteiger partial charge in [-0.1, -0.05) is 41.9 Å². The van der Waals surface area contributed by atoms with Crippen LogP contribution in [0.3, 0.4) is 0 Å². The number of carbonyl (C=O) groups is 1. The van der Waals surface area contributed by atoms with Crippen molar-refractivity contribution in [2.24, 2.45) is 5.92 Å². The first kappa shape index (κ1) is 18.3. The third-order valence-electron chi connectivity index (χ3n) is 5.28. The zero-order valence-corrected chi connectivity index (χ0v) is 16.0. The molecule has 27 heavy (non-hydrogen) atoms. The number of amides is 1. The summed E-state index contributed by atoms with van der Waals surface area (Å²) in [5.74, 6) is 0.863. The van der Waals surface area contributed by atoms with E-state index in [0.29, 0.717) is 18.0 Å². The fourth-order valence-corrected chi connectivity index (χ4v) is 3.92. The van der Waals surface area contributed by atoms with Crippen LogP contribution in [0.25, 0.3) is 0 Å². The molecule has 1 heterocycles. The average Bonchev–Trinajstić information content (AvgIpc) is 3.49. The third-order valence-corrected chi connectivity index (χ3v) is 5.62. The summed E-state index contributed by atoms with van der Waals surface area (Å²) in [7, 11) is 0. The lowest BCUT2D eigenvalue weighted by Crippen LogP contribution is -2.26. The Balaban J connectivity index is 1.37. The highest BCUT2D eigenvalue weighted by Gasteiger charge is 2.44. The lowest BCUT2D eigenvalue weighted by molar-refractivity contribution is -0.117. The van der Waals surface area contributed by atoms with Gasteiger partial charge in [-0.05, 0) is 55.4 Å². The van der Waals surface area contributed by atoms with E-state index in [9.17, 15) is 4.79 Å². The van der Waals surface area contributed by atoms with Gasteiger partial charge in [0.1, 0.15) is 12.4 Å². The molecule has 1 N–H and O–H groups in total. The second kappa shape index (κ2) is 8.32. The highest BCUT2D eigenvalue weighted by atomic mass is 35.5. The predicted molar refractivity (Wildman–Crippen MR) is 106 cm³/mol. The summed E-state index contributed by atoms with van der Waals surface area (Å²) in [6.45, 7) is 1.32. The standard InChI is InChI=1S/C22H24ClNO3/c23-19-9-2-1-8-16(19)17-13-18(17)22(25)24-20-10-3-4-11-21(20)27-14-15-7-5-6-12-26-15/h1-4,8-11,15,17-18H,5-7,12-14H2,(H,24,25). The molecule has 2 aromatic rings. The Morgan fingerprint density at radius 3 is 2.78 bits per heavy atom. The van der Waals surface area contributed by atoms with Crippen molar-refractivity contribution < 1.29 is 14.3 Å². The minimum absolute atomic E-state index is 0.0184. The van der Waals surface area contributed by atoms with Crippen molar-refractivity contribution in [3.05, 3.63) is 59.1 Å². The van der Waals surface area contributed by atoms with Gasteiger partial charge in [-0.3, -0.25) is 4.79 Å². The van der Waals surface area contributed by atoms with Crippen LogP contribution in [-0.2, 0) is 9.53 Å². The zero-order chi connectivity index (χ0) is 18.6. The number of anilines is 1. The molecule has 1 saturated heterocycles. The zero-order valence-electron chi connectivity index (χ0n) is 15.2. The summed E-state index contributed by atoms with van der Waals surface area (Å²) >= 11 is 6.27. The quantitative estimate of drug-likeness (QED) is 0.758. The van der Waals surface area contributed by atoms with E-state index in [-0.39, 0.29) is 23.8 Å². The molecule has 2 fully saturated rings. The van der Waals surface area contributed by atoms with Crippen molar-refractivity contribution in [1.29, 1.82) is 0 Å². The normalized spacial score (nSPS) is 24.3. The van der Waals surface area contributed by atoms with Gasteiger partial charge in [0, 0.05) is 17.5 Å². The van der Waals surface area contributed by atoms with Crippen LogP contribution in [0.4, 0.5) is 5.69 Å². The molecule has 5 heteroatoms. The fraction of sp³-hybridized carbons (Fsp3) is 0.409. The second-order valence-electron chi connectivity index (χ2n) is 7.26. The maximum Gasteiger partial charge on any atom is 0.228 e. The Bertz CT molecular complexity index is 804. The number of hydrogen-bond acceptors (Lipinski definition) is 3. The van der Waals surface area contributed by atoms with Crippen molar-refractivity contribution in [2.75, 3.05) is 18.5 Å². The van der Waals surface area contributed by atoms with Gasteiger partial charge >= 0.3 is 0 Å². The van der Waals surface area contributed by atoms with Gasteiger partial charge in [0.05, 0.1) is 11.8 Å². The first-order valence-corrected chi connectivity index (χ1v) is 9.99. The molecule has 2 aliphatic rings. The molecule has 142 valence electrons. The molecule has 3 atom stereocenters. The van der Waals surface area contributed by atoms with Crippen LogP contribution in [0.2, 0.25) is 5.02 Å². The molecule has 1 saturated carbocycles. The summed E-state index contributed by atoms with van der Waals surface area (Å²) in [6, 6.07) is 15.3. The summed E-state index contributed by atoms with van der Waals surface area (Å²) < 4.78 is 11.7. The van der Waals surface area contributed by atoms with E-state index in [1.165, 1.54) is 6.42 Å². The molecule has 1 aliphatic carbocycles. The molecule has 0 spiro atoms. The van der Waals surface area contributed by atoms with Crippen molar-refractivity contribution in [2.45, 2.75) is 37.7 Å². The number of ether oxygens (including phenoxy) is 2. The number of halogens is 1. The molecule has 1 aliphatic heterocycles. The second-order valence-corrected chi connectivity index (χ2v) is 7.66. The Hall–Kier alpha value is -2.04. The van der Waals surface area contributed by atoms with Crippen molar-refractivity contribution in [3.8, 4) is 5.75 Å². The Kier molecular flexibility index (Phi) is 5.65. The van der Waals surface area contributed by atoms with E-state index < -0.39 is 0 Å². The Morgan fingerprint density at radius 2 is 1.96 bits per heavy atom. The van der Waals surface area contributed by atoms with Crippen molar-refractivity contribution in [3.63, 3.8) is 0 Å². The largest absolute Gasteiger partial charge is 0.489 e. The van der Waals surface area contributed by atoms with E-state index in [1.807, 2.05) is 48.5 Å². The molecular formula is C22H24ClNO3. The number of carbonyl (C=O) groups excluding carboxylic acids is 1. The molecule has 1 amide bonds. The van der Waals surface area contributed by atoms with Gasteiger partial charge in [0.15, 0.2) is 0 Å². The van der Waals surface area contributed by atoms with Crippen LogP contribution in [0.15, 0.2) is 48.5 Å². The van der Waals surface area contributed by atoms with Gasteiger partial charge in [-0.25, -0.2) is 0 Å². The van der Waals surface area contributed by atoms with Crippen LogP contribution in [-0.4, -0.2) is 25.2 Å². The number of nitrogens with one attached hydrogen (secondary N) is 1. The van der Waals surface area contributed by atoms with E-state index in [2.05, 4.69) is 5.32 Å². The maximum atomic E-state index is 12.7. The van der Waals surface area contributed by atoms with Crippen molar-refractivity contribution in [1.82, 2.24) is 0 Å². The van der Waals surface area contributed by atoms with Crippen LogP contribution in [0, 0.1) is 5.92 Å². The smallest absolute Gasteiger partial charge is 0.228 e. The lowest BCUT2D eigenvalue weighted by Gasteiger charge is -2.23. The van der Waals surface area contributed by atoms with E-state index in [1.54, 1.807) is 0 Å². The SMILES string of the molecule is O=C(Nc1ccccc1OCC1CCCCO1)C1CC1c1ccccc1Cl. The Morgan fingerprint density at radius 1 is 1.15 bits per heavy atom. The minimum Gasteiger partial charge on any atom is -0.489 e.